The molecule has 0 radical (unpaired) electrons. The minimum atomic E-state index is -0.666. The minimum absolute atomic E-state index is 0.147. The van der Waals surface area contributed by atoms with Crippen LogP contribution in [0.4, 0.5) is 10.7 Å². The first-order valence-electron chi connectivity index (χ1n) is 4.89. The molecule has 1 atom stereocenters. The zero-order valence-corrected chi connectivity index (χ0v) is 9.31. The molecule has 1 aromatic rings. The summed E-state index contributed by atoms with van der Waals surface area (Å²) in [5, 5.41) is 15.2. The number of hydrazone groups is 1. The minimum Gasteiger partial charge on any atom is -0.416 e. The predicted octanol–water partition coefficient (Wildman–Crippen LogP) is 0.946. The third-order valence-electron chi connectivity index (χ3n) is 2.14. The fourth-order valence-corrected chi connectivity index (χ4v) is 1.28. The summed E-state index contributed by atoms with van der Waals surface area (Å²) in [5.41, 5.74) is 0. The van der Waals surface area contributed by atoms with E-state index >= 15 is 0 Å². The summed E-state index contributed by atoms with van der Waals surface area (Å²) in [6.45, 7) is 0.147. The molecule has 0 bridgehead atoms. The Morgan fingerprint density at radius 1 is 1.67 bits per heavy atom. The standard InChI is InChI=1S/C9H9N3O6/c1-16-8-5-11(9(13)18-8)10-4-6-2-3-7(17-6)12(14)15/h2-4,8H,5H2,1H3/b10-4-/t8-/m0/s1. The van der Waals surface area contributed by atoms with Crippen molar-refractivity contribution in [2.45, 2.75) is 6.29 Å². The first-order valence-corrected chi connectivity index (χ1v) is 4.89. The second kappa shape index (κ2) is 4.84. The topological polar surface area (TPSA) is 107 Å². The Bertz CT molecular complexity index is 496. The molecule has 0 saturated carbocycles. The molecule has 9 nitrogen and oxygen atoms in total. The van der Waals surface area contributed by atoms with E-state index in [0.29, 0.717) is 0 Å². The fraction of sp³-hybridized carbons (Fsp3) is 0.333. The summed E-state index contributed by atoms with van der Waals surface area (Å²) >= 11 is 0. The van der Waals surface area contributed by atoms with Gasteiger partial charge in [-0.05, 0) is 6.07 Å². The molecule has 96 valence electrons. The normalized spacial score (nSPS) is 19.5. The van der Waals surface area contributed by atoms with E-state index in [1.807, 2.05) is 0 Å². The van der Waals surface area contributed by atoms with Crippen LogP contribution in [0.2, 0.25) is 0 Å². The van der Waals surface area contributed by atoms with Crippen LogP contribution in [0, 0.1) is 10.1 Å². The van der Waals surface area contributed by atoms with E-state index < -0.39 is 23.2 Å². The van der Waals surface area contributed by atoms with E-state index in [2.05, 4.69) is 5.10 Å². The number of carbonyl (C=O) groups excluding carboxylic acids is 1. The smallest absolute Gasteiger partial charge is 0.416 e. The van der Waals surface area contributed by atoms with Gasteiger partial charge in [-0.15, -0.1) is 0 Å². The largest absolute Gasteiger partial charge is 0.433 e. The average molecular weight is 255 g/mol. The molecule has 2 heterocycles. The first kappa shape index (κ1) is 12.0. The number of cyclic esters (lactones) is 1. The summed E-state index contributed by atoms with van der Waals surface area (Å²) < 4.78 is 14.4. The lowest BCUT2D eigenvalue weighted by atomic mass is 10.5. The molecule has 0 spiro atoms. The number of nitro groups is 1. The molecular formula is C9H9N3O6. The highest BCUT2D eigenvalue weighted by molar-refractivity contribution is 5.78. The van der Waals surface area contributed by atoms with Gasteiger partial charge in [0.1, 0.15) is 11.5 Å². The molecule has 0 unspecified atom stereocenters. The van der Waals surface area contributed by atoms with Gasteiger partial charge in [-0.25, -0.2) is 4.79 Å². The zero-order valence-electron chi connectivity index (χ0n) is 9.31. The molecule has 18 heavy (non-hydrogen) atoms. The van der Waals surface area contributed by atoms with Crippen molar-refractivity contribution in [3.8, 4) is 0 Å². The van der Waals surface area contributed by atoms with Crippen molar-refractivity contribution in [3.05, 3.63) is 28.0 Å². The molecule has 2 rings (SSSR count). The number of hydrogen-bond acceptors (Lipinski definition) is 7. The molecule has 1 saturated heterocycles. The van der Waals surface area contributed by atoms with Gasteiger partial charge in [0.2, 0.25) is 6.29 Å². The third-order valence-corrected chi connectivity index (χ3v) is 2.14. The van der Waals surface area contributed by atoms with Gasteiger partial charge < -0.3 is 13.9 Å². The fourth-order valence-electron chi connectivity index (χ4n) is 1.28. The van der Waals surface area contributed by atoms with Gasteiger partial charge in [0.25, 0.3) is 0 Å². The SMILES string of the molecule is CO[C@@H]1CN(/N=C\c2ccc([N+](=O)[O-])o2)C(=O)O1. The highest BCUT2D eigenvalue weighted by Crippen LogP contribution is 2.15. The van der Waals surface area contributed by atoms with Gasteiger partial charge in [-0.2, -0.15) is 10.1 Å². The first-order chi connectivity index (χ1) is 8.60. The highest BCUT2D eigenvalue weighted by atomic mass is 16.7. The van der Waals surface area contributed by atoms with Crippen molar-refractivity contribution in [1.29, 1.82) is 0 Å². The highest BCUT2D eigenvalue weighted by Gasteiger charge is 2.30. The van der Waals surface area contributed by atoms with E-state index in [0.717, 1.165) is 5.01 Å². The molecule has 1 fully saturated rings. The van der Waals surface area contributed by atoms with Crippen molar-refractivity contribution in [3.63, 3.8) is 0 Å². The van der Waals surface area contributed by atoms with E-state index in [9.17, 15) is 14.9 Å². The molecule has 1 aliphatic heterocycles. The van der Waals surface area contributed by atoms with E-state index in [4.69, 9.17) is 13.9 Å². The number of hydrogen-bond donors (Lipinski definition) is 0. The number of carbonyl (C=O) groups is 1. The molecule has 1 aromatic heterocycles. The van der Waals surface area contributed by atoms with Crippen LogP contribution in [-0.2, 0) is 9.47 Å². The zero-order chi connectivity index (χ0) is 13.1. The van der Waals surface area contributed by atoms with Gasteiger partial charge in [0.15, 0.2) is 5.76 Å². The maximum atomic E-state index is 11.2. The number of amides is 1. The number of furan rings is 1. The van der Waals surface area contributed by atoms with Crippen molar-refractivity contribution >= 4 is 18.2 Å². The average Bonchev–Trinajstić information content (AvgIpc) is 2.93. The Kier molecular flexibility index (Phi) is 3.24. The van der Waals surface area contributed by atoms with Crippen LogP contribution >= 0.6 is 0 Å². The molecule has 9 heteroatoms. The Hall–Kier alpha value is -2.42. The summed E-state index contributed by atoms with van der Waals surface area (Å²) in [6, 6.07) is 2.57. The van der Waals surface area contributed by atoms with Gasteiger partial charge in [-0.1, -0.05) is 0 Å². The summed E-state index contributed by atoms with van der Waals surface area (Å²) in [7, 11) is 1.40. The monoisotopic (exact) mass is 255 g/mol. The lowest BCUT2D eigenvalue weighted by Crippen LogP contribution is -2.19. The third kappa shape index (κ3) is 2.46. The summed E-state index contributed by atoms with van der Waals surface area (Å²) in [4.78, 5) is 21.0. The van der Waals surface area contributed by atoms with Crippen LogP contribution in [-0.4, -0.2) is 42.2 Å². The maximum Gasteiger partial charge on any atom is 0.433 e. The molecule has 0 aromatic carbocycles. The second-order valence-corrected chi connectivity index (χ2v) is 3.31. The Morgan fingerprint density at radius 3 is 3.00 bits per heavy atom. The summed E-state index contributed by atoms with van der Waals surface area (Å²) in [6.07, 6.45) is -0.133. The lowest BCUT2D eigenvalue weighted by Gasteiger charge is -2.03. The van der Waals surface area contributed by atoms with Crippen LogP contribution in [0.5, 0.6) is 0 Å². The predicted molar refractivity (Wildman–Crippen MR) is 56.9 cm³/mol. The van der Waals surface area contributed by atoms with Crippen LogP contribution in [0.3, 0.4) is 0 Å². The van der Waals surface area contributed by atoms with Gasteiger partial charge in [-0.3, -0.25) is 10.1 Å². The van der Waals surface area contributed by atoms with Crippen molar-refractivity contribution in [2.75, 3.05) is 13.7 Å². The molecule has 1 amide bonds. The van der Waals surface area contributed by atoms with Crippen LogP contribution in [0.25, 0.3) is 0 Å². The molecule has 1 aliphatic rings. The van der Waals surface area contributed by atoms with Gasteiger partial charge >= 0.3 is 12.0 Å². The Morgan fingerprint density at radius 2 is 2.44 bits per heavy atom. The molecule has 0 aliphatic carbocycles. The van der Waals surface area contributed by atoms with E-state index in [-0.39, 0.29) is 12.3 Å². The maximum absolute atomic E-state index is 11.2. The second-order valence-electron chi connectivity index (χ2n) is 3.31. The van der Waals surface area contributed by atoms with Crippen molar-refractivity contribution < 1.29 is 23.6 Å². The van der Waals surface area contributed by atoms with Gasteiger partial charge in [0, 0.05) is 7.11 Å². The van der Waals surface area contributed by atoms with Crippen LogP contribution in [0.1, 0.15) is 5.76 Å². The van der Waals surface area contributed by atoms with Gasteiger partial charge in [0.05, 0.1) is 12.3 Å². The van der Waals surface area contributed by atoms with E-state index in [1.165, 1.54) is 25.5 Å². The lowest BCUT2D eigenvalue weighted by molar-refractivity contribution is -0.402. The number of nitrogens with zero attached hydrogens (tertiary/aromatic N) is 3. The number of rotatable bonds is 4. The molecular weight excluding hydrogens is 246 g/mol. The summed E-state index contributed by atoms with van der Waals surface area (Å²) in [5.74, 6) is -0.231. The van der Waals surface area contributed by atoms with Crippen molar-refractivity contribution in [1.82, 2.24) is 5.01 Å². The molecule has 0 N–H and O–H groups in total. The Balaban J connectivity index is 2.02. The van der Waals surface area contributed by atoms with Crippen molar-refractivity contribution in [2.24, 2.45) is 5.10 Å². The van der Waals surface area contributed by atoms with E-state index in [1.54, 1.807) is 0 Å². The number of ether oxygens (including phenoxy) is 2. The number of methoxy groups -OCH3 is 1. The quantitative estimate of drug-likeness (QED) is 0.450. The van der Waals surface area contributed by atoms with Crippen LogP contribution < -0.4 is 0 Å². The van der Waals surface area contributed by atoms with Crippen LogP contribution in [0.15, 0.2) is 21.7 Å². The Labute approximate surface area is 101 Å².